The maximum Gasteiger partial charge on any atom is 0.489 e. The maximum absolute atomic E-state index is 9.41. The van der Waals surface area contributed by atoms with Crippen LogP contribution in [0.4, 0.5) is 0 Å². The molecular formula is C16H11BO4. The van der Waals surface area contributed by atoms with Crippen LogP contribution in [0.5, 0.6) is 0 Å². The predicted octanol–water partition coefficient (Wildman–Crippen LogP) is 2.53. The average Bonchev–Trinajstić information content (AvgIpc) is 3.09. The zero-order valence-electron chi connectivity index (χ0n) is 11.0. The first kappa shape index (κ1) is 12.3. The van der Waals surface area contributed by atoms with Gasteiger partial charge in [-0.2, -0.15) is 0 Å². The molecule has 2 aromatic carbocycles. The molecule has 0 aliphatic rings. The zero-order valence-corrected chi connectivity index (χ0v) is 11.0. The Balaban J connectivity index is 1.92. The lowest BCUT2D eigenvalue weighted by atomic mass is 9.78. The molecule has 5 heteroatoms. The fourth-order valence-electron chi connectivity index (χ4n) is 2.53. The third-order valence-electron chi connectivity index (χ3n) is 3.54. The Morgan fingerprint density at radius 2 is 1.48 bits per heavy atom. The molecule has 0 saturated heterocycles. The Kier molecular flexibility index (Phi) is 2.64. The fourth-order valence-corrected chi connectivity index (χ4v) is 2.53. The van der Waals surface area contributed by atoms with Gasteiger partial charge in [0, 0.05) is 10.8 Å². The van der Waals surface area contributed by atoms with Gasteiger partial charge < -0.3 is 18.9 Å². The molecule has 4 rings (SSSR count). The van der Waals surface area contributed by atoms with Crippen molar-refractivity contribution < 1.29 is 18.9 Å². The molecule has 0 saturated carbocycles. The van der Waals surface area contributed by atoms with Crippen molar-refractivity contribution in [2.75, 3.05) is 0 Å². The molecule has 0 radical (unpaired) electrons. The number of benzene rings is 2. The molecule has 0 spiro atoms. The van der Waals surface area contributed by atoms with Gasteiger partial charge in [0.2, 0.25) is 0 Å². The van der Waals surface area contributed by atoms with Crippen molar-refractivity contribution in [1.29, 1.82) is 0 Å². The lowest BCUT2D eigenvalue weighted by Crippen LogP contribution is -2.29. The van der Waals surface area contributed by atoms with E-state index in [0.29, 0.717) is 28.0 Å². The van der Waals surface area contributed by atoms with Crippen molar-refractivity contribution >= 4 is 34.5 Å². The van der Waals surface area contributed by atoms with Crippen molar-refractivity contribution in [1.82, 2.24) is 0 Å². The molecule has 0 aliphatic carbocycles. The Labute approximate surface area is 120 Å². The lowest BCUT2D eigenvalue weighted by Gasteiger charge is -1.98. The Morgan fingerprint density at radius 3 is 2.29 bits per heavy atom. The van der Waals surface area contributed by atoms with E-state index in [1.807, 2.05) is 30.3 Å². The number of hydrogen-bond acceptors (Lipinski definition) is 4. The van der Waals surface area contributed by atoms with Crippen molar-refractivity contribution in [3.05, 3.63) is 54.6 Å². The van der Waals surface area contributed by atoms with Crippen LogP contribution in [-0.2, 0) is 0 Å². The minimum absolute atomic E-state index is 0.415. The molecule has 0 aliphatic heterocycles. The van der Waals surface area contributed by atoms with Gasteiger partial charge in [-0.15, -0.1) is 0 Å². The number of para-hydroxylation sites is 1. The third-order valence-corrected chi connectivity index (χ3v) is 3.54. The van der Waals surface area contributed by atoms with E-state index in [4.69, 9.17) is 8.83 Å². The normalized spacial score (nSPS) is 11.3. The van der Waals surface area contributed by atoms with E-state index < -0.39 is 7.12 Å². The largest absolute Gasteiger partial charge is 0.489 e. The number of furan rings is 2. The smallest absolute Gasteiger partial charge is 0.453 e. The second-order valence-corrected chi connectivity index (χ2v) is 4.89. The fraction of sp³-hybridized carbons (Fsp3) is 0. The molecule has 0 atom stereocenters. The molecule has 0 amide bonds. The van der Waals surface area contributed by atoms with Crippen LogP contribution in [0.3, 0.4) is 0 Å². The molecule has 21 heavy (non-hydrogen) atoms. The predicted molar refractivity (Wildman–Crippen MR) is 81.2 cm³/mol. The Hall–Kier alpha value is -2.50. The topological polar surface area (TPSA) is 66.7 Å². The zero-order chi connectivity index (χ0) is 14.4. The highest BCUT2D eigenvalue weighted by molar-refractivity contribution is 6.61. The van der Waals surface area contributed by atoms with Crippen LogP contribution in [0.25, 0.3) is 33.5 Å². The Bertz CT molecular complexity index is 903. The first-order chi connectivity index (χ1) is 10.2. The lowest BCUT2D eigenvalue weighted by molar-refractivity contribution is 0.426. The van der Waals surface area contributed by atoms with Gasteiger partial charge in [-0.25, -0.2) is 0 Å². The van der Waals surface area contributed by atoms with E-state index in [9.17, 15) is 10.0 Å². The molecule has 0 fully saturated rings. The second kappa shape index (κ2) is 4.51. The van der Waals surface area contributed by atoms with Crippen molar-refractivity contribution in [3.8, 4) is 11.5 Å². The van der Waals surface area contributed by atoms with E-state index in [-0.39, 0.29) is 0 Å². The molecule has 0 unspecified atom stereocenters. The molecule has 0 bridgehead atoms. The molecule has 102 valence electrons. The van der Waals surface area contributed by atoms with Crippen LogP contribution >= 0.6 is 0 Å². The highest BCUT2D eigenvalue weighted by atomic mass is 16.4. The van der Waals surface area contributed by atoms with Gasteiger partial charge in [0.1, 0.15) is 11.2 Å². The molecule has 2 heterocycles. The van der Waals surface area contributed by atoms with Gasteiger partial charge in [0.25, 0.3) is 0 Å². The number of fused-ring (bicyclic) bond motifs is 2. The van der Waals surface area contributed by atoms with Gasteiger partial charge in [0.05, 0.1) is 0 Å². The molecule has 4 aromatic rings. The Morgan fingerprint density at radius 1 is 0.762 bits per heavy atom. The summed E-state index contributed by atoms with van der Waals surface area (Å²) in [6, 6.07) is 16.6. The highest BCUT2D eigenvalue weighted by Gasteiger charge is 2.18. The summed E-state index contributed by atoms with van der Waals surface area (Å²) in [5, 5.41) is 20.5. The minimum Gasteiger partial charge on any atom is -0.453 e. The van der Waals surface area contributed by atoms with E-state index in [0.717, 1.165) is 11.0 Å². The van der Waals surface area contributed by atoms with Gasteiger partial charge in [-0.3, -0.25) is 0 Å². The summed E-state index contributed by atoms with van der Waals surface area (Å²) in [6.07, 6.45) is 0. The van der Waals surface area contributed by atoms with Crippen LogP contribution in [0.1, 0.15) is 0 Å². The van der Waals surface area contributed by atoms with E-state index in [1.54, 1.807) is 24.3 Å². The summed E-state index contributed by atoms with van der Waals surface area (Å²) in [6.45, 7) is 0. The summed E-state index contributed by atoms with van der Waals surface area (Å²) >= 11 is 0. The van der Waals surface area contributed by atoms with Crippen LogP contribution in [0, 0.1) is 0 Å². The first-order valence-electron chi connectivity index (χ1n) is 6.60. The second-order valence-electron chi connectivity index (χ2n) is 4.89. The average molecular weight is 278 g/mol. The van der Waals surface area contributed by atoms with Crippen LogP contribution in [0.2, 0.25) is 0 Å². The van der Waals surface area contributed by atoms with Gasteiger partial charge in [0.15, 0.2) is 11.5 Å². The van der Waals surface area contributed by atoms with E-state index >= 15 is 0 Å². The van der Waals surface area contributed by atoms with E-state index in [1.165, 1.54) is 0 Å². The van der Waals surface area contributed by atoms with Gasteiger partial charge in [-0.05, 0) is 29.7 Å². The summed E-state index contributed by atoms with van der Waals surface area (Å²) in [7, 11) is -1.53. The molecule has 2 aromatic heterocycles. The van der Waals surface area contributed by atoms with Gasteiger partial charge >= 0.3 is 7.12 Å². The number of hydrogen-bond donors (Lipinski definition) is 2. The van der Waals surface area contributed by atoms with Crippen molar-refractivity contribution in [3.63, 3.8) is 0 Å². The minimum atomic E-state index is -1.53. The summed E-state index contributed by atoms with van der Waals surface area (Å²) in [5.74, 6) is 1.18. The van der Waals surface area contributed by atoms with Crippen LogP contribution < -0.4 is 5.46 Å². The number of rotatable bonds is 2. The molecule has 2 N–H and O–H groups in total. The van der Waals surface area contributed by atoms with Crippen molar-refractivity contribution in [2.24, 2.45) is 0 Å². The third kappa shape index (κ3) is 1.95. The quantitative estimate of drug-likeness (QED) is 0.553. The SMILES string of the molecule is OB(O)c1cccc2oc(-c3cc4ccccc4o3)cc12. The van der Waals surface area contributed by atoms with Crippen LogP contribution in [0.15, 0.2) is 63.4 Å². The van der Waals surface area contributed by atoms with Crippen LogP contribution in [-0.4, -0.2) is 17.2 Å². The standard InChI is InChI=1S/C16H11BO4/c18-17(19)12-5-3-7-14-11(12)9-16(21-14)15-8-10-4-1-2-6-13(10)20-15/h1-9,18-19H. The molecule has 4 nitrogen and oxygen atoms in total. The van der Waals surface area contributed by atoms with E-state index in [2.05, 4.69) is 0 Å². The monoisotopic (exact) mass is 278 g/mol. The van der Waals surface area contributed by atoms with Gasteiger partial charge in [-0.1, -0.05) is 30.3 Å². The van der Waals surface area contributed by atoms with Crippen molar-refractivity contribution in [2.45, 2.75) is 0 Å². The summed E-state index contributed by atoms with van der Waals surface area (Å²) < 4.78 is 11.5. The molecular weight excluding hydrogens is 267 g/mol. The summed E-state index contributed by atoms with van der Waals surface area (Å²) in [5.41, 5.74) is 1.80. The first-order valence-corrected chi connectivity index (χ1v) is 6.60. The summed E-state index contributed by atoms with van der Waals surface area (Å²) in [4.78, 5) is 0. The highest BCUT2D eigenvalue weighted by Crippen LogP contribution is 2.31. The maximum atomic E-state index is 9.41.